The number of carbonyl (C=O) groups is 1. The zero-order chi connectivity index (χ0) is 12.7. The van der Waals surface area contributed by atoms with Gasteiger partial charge in [0.1, 0.15) is 3.70 Å². The molecular formula is C13H15IN2O2. The number of methoxy groups -OCH3 is 1. The Balaban J connectivity index is 1.85. The van der Waals surface area contributed by atoms with Gasteiger partial charge in [0.15, 0.2) is 0 Å². The molecule has 2 aliphatic heterocycles. The molecule has 0 aliphatic carbocycles. The van der Waals surface area contributed by atoms with E-state index in [1.165, 1.54) is 12.7 Å². The molecule has 18 heavy (non-hydrogen) atoms. The number of rotatable bonds is 1. The minimum atomic E-state index is -0.177. The molecule has 1 amide bonds. The summed E-state index contributed by atoms with van der Waals surface area (Å²) in [5.41, 5.74) is 1.25. The summed E-state index contributed by atoms with van der Waals surface area (Å²) in [6.45, 7) is 0. The minimum Gasteiger partial charge on any atom is -0.453 e. The van der Waals surface area contributed by atoms with Gasteiger partial charge in [-0.2, -0.15) is 0 Å². The molecular weight excluding hydrogens is 343 g/mol. The second kappa shape index (κ2) is 4.68. The molecule has 2 fully saturated rings. The molecule has 3 heterocycles. The van der Waals surface area contributed by atoms with Crippen LogP contribution in [0, 0.1) is 3.70 Å². The van der Waals surface area contributed by atoms with E-state index in [9.17, 15) is 4.79 Å². The molecule has 3 atom stereocenters. The van der Waals surface area contributed by atoms with Crippen molar-refractivity contribution >= 4 is 28.7 Å². The molecule has 1 unspecified atom stereocenters. The second-order valence-electron chi connectivity index (χ2n) is 4.93. The van der Waals surface area contributed by atoms with E-state index in [4.69, 9.17) is 4.74 Å². The maximum Gasteiger partial charge on any atom is 0.410 e. The molecule has 4 nitrogen and oxygen atoms in total. The molecule has 0 spiro atoms. The van der Waals surface area contributed by atoms with Crippen molar-refractivity contribution in [2.24, 2.45) is 0 Å². The average Bonchev–Trinajstić information content (AvgIpc) is 2.96. The molecule has 0 saturated carbocycles. The summed E-state index contributed by atoms with van der Waals surface area (Å²) in [4.78, 5) is 18.1. The predicted molar refractivity (Wildman–Crippen MR) is 75.4 cm³/mol. The number of halogens is 1. The number of amides is 1. The van der Waals surface area contributed by atoms with Gasteiger partial charge in [-0.1, -0.05) is 6.07 Å². The number of fused-ring (bicyclic) bond motifs is 2. The quantitative estimate of drug-likeness (QED) is 0.573. The smallest absolute Gasteiger partial charge is 0.410 e. The van der Waals surface area contributed by atoms with Gasteiger partial charge >= 0.3 is 6.09 Å². The van der Waals surface area contributed by atoms with E-state index >= 15 is 0 Å². The number of ether oxygens (including phenoxy) is 1. The summed E-state index contributed by atoms with van der Waals surface area (Å²) >= 11 is 2.21. The van der Waals surface area contributed by atoms with Crippen LogP contribution < -0.4 is 0 Å². The highest BCUT2D eigenvalue weighted by Gasteiger charge is 2.49. The SMILES string of the molecule is COC(=O)N1[C@H]2CC[C@@H]1C(c1ccc(I)nc1)C2. The standard InChI is InChI=1S/C13H15IN2O2/c1-18-13(17)16-9-3-4-11(16)10(6-9)8-2-5-12(14)15-7-8/h2,5,7,9-11H,3-4,6H2,1H3/t9-,10?,11+/m0/s1. The van der Waals surface area contributed by atoms with Crippen LogP contribution in [0.5, 0.6) is 0 Å². The molecule has 1 aromatic rings. The van der Waals surface area contributed by atoms with Crippen molar-refractivity contribution < 1.29 is 9.53 Å². The van der Waals surface area contributed by atoms with Crippen LogP contribution >= 0.6 is 22.6 Å². The van der Waals surface area contributed by atoms with Gasteiger partial charge in [0.05, 0.1) is 7.11 Å². The number of pyridine rings is 1. The van der Waals surface area contributed by atoms with Crippen molar-refractivity contribution in [3.8, 4) is 0 Å². The van der Waals surface area contributed by atoms with Gasteiger partial charge < -0.3 is 9.64 Å². The first-order chi connectivity index (χ1) is 8.70. The number of hydrogen-bond donors (Lipinski definition) is 0. The molecule has 0 N–H and O–H groups in total. The maximum absolute atomic E-state index is 11.8. The number of nitrogens with zero attached hydrogens (tertiary/aromatic N) is 2. The minimum absolute atomic E-state index is 0.177. The molecule has 3 rings (SSSR count). The zero-order valence-electron chi connectivity index (χ0n) is 10.2. The van der Waals surface area contributed by atoms with Gasteiger partial charge in [-0.15, -0.1) is 0 Å². The van der Waals surface area contributed by atoms with Crippen LogP contribution in [0.3, 0.4) is 0 Å². The van der Waals surface area contributed by atoms with Crippen molar-refractivity contribution in [3.63, 3.8) is 0 Å². The third kappa shape index (κ3) is 1.88. The predicted octanol–water partition coefficient (Wildman–Crippen LogP) is 2.77. The Morgan fingerprint density at radius 3 is 3.00 bits per heavy atom. The van der Waals surface area contributed by atoms with Crippen LogP contribution in [0.2, 0.25) is 0 Å². The first-order valence-corrected chi connectivity index (χ1v) is 7.26. The zero-order valence-corrected chi connectivity index (χ0v) is 12.3. The van der Waals surface area contributed by atoms with Crippen molar-refractivity contribution in [3.05, 3.63) is 27.6 Å². The summed E-state index contributed by atoms with van der Waals surface area (Å²) in [5, 5.41) is 0. The monoisotopic (exact) mass is 358 g/mol. The second-order valence-corrected chi connectivity index (χ2v) is 6.04. The van der Waals surface area contributed by atoms with Gasteiger partial charge in [0.25, 0.3) is 0 Å². The van der Waals surface area contributed by atoms with E-state index < -0.39 is 0 Å². The molecule has 2 bridgehead atoms. The highest BCUT2D eigenvalue weighted by molar-refractivity contribution is 14.1. The summed E-state index contributed by atoms with van der Waals surface area (Å²) in [7, 11) is 1.46. The fraction of sp³-hybridized carbons (Fsp3) is 0.538. The molecule has 2 aliphatic rings. The van der Waals surface area contributed by atoms with Crippen molar-refractivity contribution in [2.75, 3.05) is 7.11 Å². The summed E-state index contributed by atoms with van der Waals surface area (Å²) < 4.78 is 5.89. The lowest BCUT2D eigenvalue weighted by atomic mass is 9.85. The molecule has 0 aromatic carbocycles. The van der Waals surface area contributed by atoms with Gasteiger partial charge in [-0.25, -0.2) is 4.79 Å². The number of hydrogen-bond acceptors (Lipinski definition) is 3. The lowest BCUT2D eigenvalue weighted by molar-refractivity contribution is 0.116. The summed E-state index contributed by atoms with van der Waals surface area (Å²) in [6.07, 6.45) is 5.00. The maximum atomic E-state index is 11.8. The normalized spacial score (nSPS) is 29.7. The van der Waals surface area contributed by atoms with Crippen LogP contribution in [0.4, 0.5) is 4.79 Å². The van der Waals surface area contributed by atoms with E-state index in [2.05, 4.69) is 33.6 Å². The van der Waals surface area contributed by atoms with Crippen molar-refractivity contribution in [1.29, 1.82) is 0 Å². The average molecular weight is 358 g/mol. The molecule has 0 radical (unpaired) electrons. The topological polar surface area (TPSA) is 42.4 Å². The first kappa shape index (κ1) is 12.2. The Kier molecular flexibility index (Phi) is 3.17. The van der Waals surface area contributed by atoms with Crippen molar-refractivity contribution in [1.82, 2.24) is 9.88 Å². The Bertz CT molecular complexity index is 463. The fourth-order valence-corrected chi connectivity index (χ4v) is 3.66. The fourth-order valence-electron chi connectivity index (χ4n) is 3.34. The van der Waals surface area contributed by atoms with E-state index in [0.717, 1.165) is 23.0 Å². The Hall–Kier alpha value is -0.850. The Morgan fingerprint density at radius 2 is 2.33 bits per heavy atom. The summed E-state index contributed by atoms with van der Waals surface area (Å²) in [5.74, 6) is 0.423. The summed E-state index contributed by atoms with van der Waals surface area (Å²) in [6, 6.07) is 4.82. The van der Waals surface area contributed by atoms with Gasteiger partial charge in [-0.05, 0) is 53.5 Å². The highest BCUT2D eigenvalue weighted by atomic mass is 127. The van der Waals surface area contributed by atoms with Crippen LogP contribution in [0.1, 0.15) is 30.7 Å². The molecule has 96 valence electrons. The van der Waals surface area contributed by atoms with E-state index in [-0.39, 0.29) is 6.09 Å². The third-order valence-electron chi connectivity index (χ3n) is 4.10. The van der Waals surface area contributed by atoms with Gasteiger partial charge in [0.2, 0.25) is 0 Å². The number of carbonyl (C=O) groups excluding carboxylic acids is 1. The highest BCUT2D eigenvalue weighted by Crippen LogP contribution is 2.46. The lowest BCUT2D eigenvalue weighted by Gasteiger charge is -2.23. The third-order valence-corrected chi connectivity index (χ3v) is 4.74. The largest absolute Gasteiger partial charge is 0.453 e. The Labute approximate surface area is 120 Å². The van der Waals surface area contributed by atoms with Gasteiger partial charge in [0, 0.05) is 24.2 Å². The van der Waals surface area contributed by atoms with Gasteiger partial charge in [-0.3, -0.25) is 4.98 Å². The Morgan fingerprint density at radius 1 is 1.50 bits per heavy atom. The van der Waals surface area contributed by atoms with Crippen LogP contribution in [0.15, 0.2) is 18.3 Å². The first-order valence-electron chi connectivity index (χ1n) is 6.18. The van der Waals surface area contributed by atoms with Crippen LogP contribution in [-0.4, -0.2) is 35.2 Å². The van der Waals surface area contributed by atoms with E-state index in [1.807, 2.05) is 17.2 Å². The van der Waals surface area contributed by atoms with Crippen LogP contribution in [0.25, 0.3) is 0 Å². The lowest BCUT2D eigenvalue weighted by Crippen LogP contribution is -2.36. The van der Waals surface area contributed by atoms with Crippen LogP contribution in [-0.2, 0) is 4.74 Å². The van der Waals surface area contributed by atoms with E-state index in [0.29, 0.717) is 18.0 Å². The van der Waals surface area contributed by atoms with Crippen molar-refractivity contribution in [2.45, 2.75) is 37.3 Å². The number of aromatic nitrogens is 1. The molecule has 2 saturated heterocycles. The molecule has 1 aromatic heterocycles. The molecule has 5 heteroatoms. The van der Waals surface area contributed by atoms with E-state index in [1.54, 1.807) is 0 Å².